The summed E-state index contributed by atoms with van der Waals surface area (Å²) in [6.07, 6.45) is -4.43. The topological polar surface area (TPSA) is 99.8 Å². The molecule has 1 amide bonds. The lowest BCUT2D eigenvalue weighted by Crippen LogP contribution is -2.57. The van der Waals surface area contributed by atoms with Gasteiger partial charge in [0.25, 0.3) is 0 Å². The molecule has 4 aromatic carbocycles. The molecule has 260 valence electrons. The standard InChI is InChI=1S/C35H35ClF4N4O4S/c1-23-22-44(49(46,47)29-9-3-2-4-10-29)27(21-41-23)17-18-30-31(37)11-6-12-32(30)43-34(45)33(19-24-13-15-25(36)16-14-24)42-26-7-5-8-28(20-26)48-35(38,39)40/h2-16,20,23,27,33,41-42H,17-19,21-22H2,1H3,(H,43,45)/t23-,27+,33+/m1/s1. The molecule has 3 N–H and O–H groups in total. The summed E-state index contributed by atoms with van der Waals surface area (Å²) in [4.78, 5) is 14.0. The normalized spacial score (nSPS) is 17.7. The van der Waals surface area contributed by atoms with Crippen molar-refractivity contribution in [2.45, 2.75) is 55.6 Å². The number of alkyl halides is 3. The maximum Gasteiger partial charge on any atom is 0.573 e. The van der Waals surface area contributed by atoms with E-state index >= 15 is 4.39 Å². The molecule has 0 spiro atoms. The summed E-state index contributed by atoms with van der Waals surface area (Å²) in [7, 11) is -3.83. The van der Waals surface area contributed by atoms with Crippen molar-refractivity contribution in [1.29, 1.82) is 0 Å². The van der Waals surface area contributed by atoms with E-state index in [0.29, 0.717) is 17.1 Å². The molecule has 49 heavy (non-hydrogen) atoms. The maximum atomic E-state index is 15.4. The highest BCUT2D eigenvalue weighted by atomic mass is 35.5. The third kappa shape index (κ3) is 9.72. The number of carbonyl (C=O) groups is 1. The minimum atomic E-state index is -4.90. The molecule has 1 saturated heterocycles. The summed E-state index contributed by atoms with van der Waals surface area (Å²) in [6, 6.07) is 22.6. The summed E-state index contributed by atoms with van der Waals surface area (Å²) in [5.41, 5.74) is 1.28. The summed E-state index contributed by atoms with van der Waals surface area (Å²) in [5.74, 6) is -1.62. The summed E-state index contributed by atoms with van der Waals surface area (Å²) < 4.78 is 86.7. The van der Waals surface area contributed by atoms with Crippen LogP contribution in [0.5, 0.6) is 5.75 Å². The van der Waals surface area contributed by atoms with Crippen LogP contribution in [0.15, 0.2) is 102 Å². The number of hydrogen-bond donors (Lipinski definition) is 3. The molecule has 0 saturated carbocycles. The van der Waals surface area contributed by atoms with Gasteiger partial charge in [-0.1, -0.05) is 54.1 Å². The molecule has 5 rings (SSSR count). The van der Waals surface area contributed by atoms with Crippen LogP contribution >= 0.6 is 11.6 Å². The second kappa shape index (κ2) is 15.6. The van der Waals surface area contributed by atoms with Crippen molar-refractivity contribution in [2.75, 3.05) is 23.7 Å². The smallest absolute Gasteiger partial charge is 0.406 e. The second-order valence-electron chi connectivity index (χ2n) is 11.7. The number of rotatable bonds is 12. The number of amides is 1. The first-order valence-corrected chi connectivity index (χ1v) is 17.4. The van der Waals surface area contributed by atoms with E-state index < -0.39 is 45.9 Å². The first-order valence-electron chi connectivity index (χ1n) is 15.5. The van der Waals surface area contributed by atoms with Crippen LogP contribution < -0.4 is 20.7 Å². The molecular formula is C35H35ClF4N4O4S. The Bertz CT molecular complexity index is 1850. The Morgan fingerprint density at radius 3 is 2.45 bits per heavy atom. The molecule has 1 aliphatic rings. The maximum absolute atomic E-state index is 15.4. The van der Waals surface area contributed by atoms with Gasteiger partial charge < -0.3 is 20.7 Å². The van der Waals surface area contributed by atoms with Crippen molar-refractivity contribution in [3.63, 3.8) is 0 Å². The van der Waals surface area contributed by atoms with Gasteiger partial charge in [-0.3, -0.25) is 4.79 Å². The zero-order chi connectivity index (χ0) is 35.2. The summed E-state index contributed by atoms with van der Waals surface area (Å²) >= 11 is 6.03. The van der Waals surface area contributed by atoms with Gasteiger partial charge in [-0.05, 0) is 73.9 Å². The lowest BCUT2D eigenvalue weighted by atomic mass is 10.0. The monoisotopic (exact) mass is 718 g/mol. The predicted octanol–water partition coefficient (Wildman–Crippen LogP) is 7.02. The van der Waals surface area contributed by atoms with Crippen molar-refractivity contribution < 1.29 is 35.5 Å². The molecule has 1 aliphatic heterocycles. The Labute approximate surface area is 287 Å². The van der Waals surface area contributed by atoms with Gasteiger partial charge in [0.1, 0.15) is 17.6 Å². The van der Waals surface area contributed by atoms with E-state index in [1.165, 1.54) is 40.7 Å². The zero-order valence-corrected chi connectivity index (χ0v) is 28.0. The van der Waals surface area contributed by atoms with Crippen LogP contribution in [-0.2, 0) is 27.7 Å². The third-order valence-corrected chi connectivity index (χ3v) is 10.3. The molecule has 0 bridgehead atoms. The number of nitrogens with zero attached hydrogens (tertiary/aromatic N) is 1. The fraction of sp³-hybridized carbons (Fsp3) is 0.286. The highest BCUT2D eigenvalue weighted by Crippen LogP contribution is 2.28. The van der Waals surface area contributed by atoms with E-state index in [4.69, 9.17) is 11.6 Å². The molecule has 3 atom stereocenters. The van der Waals surface area contributed by atoms with E-state index in [0.717, 1.165) is 12.1 Å². The number of anilines is 2. The van der Waals surface area contributed by atoms with Crippen LogP contribution in [0.3, 0.4) is 0 Å². The Morgan fingerprint density at radius 1 is 1.02 bits per heavy atom. The average Bonchev–Trinajstić information content (AvgIpc) is 3.05. The van der Waals surface area contributed by atoms with Gasteiger partial charge >= 0.3 is 6.36 Å². The summed E-state index contributed by atoms with van der Waals surface area (Å²) in [5, 5.41) is 9.56. The molecule has 0 unspecified atom stereocenters. The van der Waals surface area contributed by atoms with Crippen LogP contribution in [0.25, 0.3) is 0 Å². The SMILES string of the molecule is C[C@@H]1CN(S(=O)(=O)c2ccccc2)[C@@H](CCc2c(F)cccc2NC(=O)[C@H](Cc2ccc(Cl)cc2)Nc2cccc(OC(F)(F)F)c2)CN1. The largest absolute Gasteiger partial charge is 0.573 e. The molecule has 4 aromatic rings. The molecule has 1 fully saturated rings. The van der Waals surface area contributed by atoms with Crippen molar-refractivity contribution >= 4 is 38.9 Å². The molecule has 8 nitrogen and oxygen atoms in total. The highest BCUT2D eigenvalue weighted by Gasteiger charge is 2.36. The van der Waals surface area contributed by atoms with Gasteiger partial charge in [0.2, 0.25) is 15.9 Å². The first-order chi connectivity index (χ1) is 23.3. The Balaban J connectivity index is 1.37. The molecule has 0 radical (unpaired) electrons. The quantitative estimate of drug-likeness (QED) is 0.136. The van der Waals surface area contributed by atoms with Crippen LogP contribution in [0.2, 0.25) is 5.02 Å². The predicted molar refractivity (Wildman–Crippen MR) is 181 cm³/mol. The second-order valence-corrected chi connectivity index (χ2v) is 14.1. The van der Waals surface area contributed by atoms with Gasteiger partial charge in [0.15, 0.2) is 0 Å². The highest BCUT2D eigenvalue weighted by molar-refractivity contribution is 7.89. The molecular weight excluding hydrogens is 684 g/mol. The fourth-order valence-corrected chi connectivity index (χ4v) is 7.59. The number of hydrogen-bond acceptors (Lipinski definition) is 6. The van der Waals surface area contributed by atoms with Gasteiger partial charge in [-0.15, -0.1) is 13.2 Å². The first kappa shape index (κ1) is 36.1. The van der Waals surface area contributed by atoms with Crippen LogP contribution in [0.4, 0.5) is 28.9 Å². The zero-order valence-electron chi connectivity index (χ0n) is 26.4. The van der Waals surface area contributed by atoms with Crippen LogP contribution in [-0.4, -0.2) is 56.2 Å². The van der Waals surface area contributed by atoms with E-state index in [1.807, 2.05) is 6.92 Å². The van der Waals surface area contributed by atoms with Crippen molar-refractivity contribution in [2.24, 2.45) is 0 Å². The molecule has 0 aliphatic carbocycles. The number of sulfonamides is 1. The molecule has 14 heteroatoms. The third-order valence-electron chi connectivity index (χ3n) is 8.10. The Kier molecular flexibility index (Phi) is 11.5. The number of halogens is 5. The van der Waals surface area contributed by atoms with Gasteiger partial charge in [0, 0.05) is 59.6 Å². The van der Waals surface area contributed by atoms with E-state index in [9.17, 15) is 26.4 Å². The van der Waals surface area contributed by atoms with Crippen molar-refractivity contribution in [3.8, 4) is 5.75 Å². The number of carbonyl (C=O) groups excluding carboxylic acids is 1. The van der Waals surface area contributed by atoms with Crippen LogP contribution in [0, 0.1) is 5.82 Å². The fourth-order valence-electron chi connectivity index (χ4n) is 5.70. The van der Waals surface area contributed by atoms with E-state index in [1.54, 1.807) is 48.5 Å². The van der Waals surface area contributed by atoms with Crippen LogP contribution in [0.1, 0.15) is 24.5 Å². The number of benzene rings is 4. The van der Waals surface area contributed by atoms with Gasteiger partial charge in [-0.2, -0.15) is 4.31 Å². The Morgan fingerprint density at radius 2 is 1.73 bits per heavy atom. The Hall–Kier alpha value is -4.17. The molecule has 0 aromatic heterocycles. The lowest BCUT2D eigenvalue weighted by molar-refractivity contribution is -0.274. The van der Waals surface area contributed by atoms with Crippen molar-refractivity contribution in [3.05, 3.63) is 119 Å². The van der Waals surface area contributed by atoms with E-state index in [-0.39, 0.29) is 53.7 Å². The van der Waals surface area contributed by atoms with Gasteiger partial charge in [-0.25, -0.2) is 12.8 Å². The lowest BCUT2D eigenvalue weighted by Gasteiger charge is -2.38. The number of nitrogens with one attached hydrogen (secondary N) is 3. The molecule has 1 heterocycles. The van der Waals surface area contributed by atoms with Gasteiger partial charge in [0.05, 0.1) is 4.90 Å². The number of ether oxygens (including phenoxy) is 1. The minimum Gasteiger partial charge on any atom is -0.406 e. The average molecular weight is 719 g/mol. The minimum absolute atomic E-state index is 0.0937. The van der Waals surface area contributed by atoms with Crippen molar-refractivity contribution in [1.82, 2.24) is 9.62 Å². The van der Waals surface area contributed by atoms with E-state index in [2.05, 4.69) is 20.7 Å². The number of piperazine rings is 1. The summed E-state index contributed by atoms with van der Waals surface area (Å²) in [6.45, 7) is 2.48.